The Balaban J connectivity index is 2.15. The number of thiophene rings is 1. The van der Waals surface area contributed by atoms with Crippen molar-refractivity contribution in [2.45, 2.75) is 18.9 Å². The molecule has 2 N–H and O–H groups in total. The zero-order valence-corrected chi connectivity index (χ0v) is 11.2. The smallest absolute Gasteiger partial charge is 0.0869 e. The minimum absolute atomic E-state index is 0.634. The fraction of sp³-hybridized carbons (Fsp3) is 0.667. The molecule has 1 aromatic heterocycles. The maximum Gasteiger partial charge on any atom is 0.0869 e. The van der Waals surface area contributed by atoms with Gasteiger partial charge in [0, 0.05) is 13.1 Å². The van der Waals surface area contributed by atoms with Crippen LogP contribution in [0.15, 0.2) is 16.8 Å². The summed E-state index contributed by atoms with van der Waals surface area (Å²) in [4.78, 5) is 2.00. The van der Waals surface area contributed by atoms with Crippen molar-refractivity contribution in [1.29, 1.82) is 0 Å². The minimum atomic E-state index is -0.655. The van der Waals surface area contributed by atoms with Gasteiger partial charge in [0.15, 0.2) is 0 Å². The normalized spacial score (nSPS) is 15.3. The number of nitrogens with one attached hydrogen (secondary N) is 1. The number of hydrogen-bond donors (Lipinski definition) is 2. The van der Waals surface area contributed by atoms with Crippen molar-refractivity contribution in [2.24, 2.45) is 0 Å². The van der Waals surface area contributed by atoms with Crippen LogP contribution < -0.4 is 5.32 Å². The molecule has 0 aliphatic heterocycles. The first kappa shape index (κ1) is 13.6. The molecule has 0 aliphatic carbocycles. The number of hydrogen-bond acceptors (Lipinski definition) is 4. The van der Waals surface area contributed by atoms with Crippen molar-refractivity contribution >= 4 is 11.3 Å². The van der Waals surface area contributed by atoms with Gasteiger partial charge >= 0.3 is 0 Å². The van der Waals surface area contributed by atoms with Crippen LogP contribution in [0.5, 0.6) is 0 Å². The molecule has 1 aromatic rings. The molecule has 0 spiro atoms. The summed E-state index contributed by atoms with van der Waals surface area (Å²) in [5.41, 5.74) is 0.711. The molecule has 0 fully saturated rings. The van der Waals surface area contributed by atoms with E-state index in [4.69, 9.17) is 0 Å². The van der Waals surface area contributed by atoms with Crippen molar-refractivity contribution in [3.8, 4) is 0 Å². The van der Waals surface area contributed by atoms with Crippen molar-refractivity contribution in [3.05, 3.63) is 22.4 Å². The van der Waals surface area contributed by atoms with E-state index in [0.29, 0.717) is 13.1 Å². The molecule has 0 aromatic carbocycles. The van der Waals surface area contributed by atoms with Crippen LogP contribution in [0.2, 0.25) is 0 Å². The Morgan fingerprint density at radius 2 is 2.25 bits per heavy atom. The molecule has 3 nitrogen and oxygen atoms in total. The highest BCUT2D eigenvalue weighted by Gasteiger charge is 2.20. The maximum absolute atomic E-state index is 10.0. The maximum atomic E-state index is 10.0. The van der Waals surface area contributed by atoms with E-state index in [1.807, 2.05) is 25.9 Å². The fourth-order valence-electron chi connectivity index (χ4n) is 1.76. The van der Waals surface area contributed by atoms with Gasteiger partial charge in [-0.3, -0.25) is 0 Å². The Morgan fingerprint density at radius 3 is 2.81 bits per heavy atom. The first-order valence-electron chi connectivity index (χ1n) is 5.58. The third-order valence-corrected chi connectivity index (χ3v) is 3.07. The van der Waals surface area contributed by atoms with Gasteiger partial charge < -0.3 is 15.3 Å². The predicted molar refractivity (Wildman–Crippen MR) is 70.1 cm³/mol. The molecule has 92 valence electrons. The first-order chi connectivity index (χ1) is 7.49. The molecule has 0 saturated carbocycles. The van der Waals surface area contributed by atoms with Gasteiger partial charge in [0.25, 0.3) is 0 Å². The van der Waals surface area contributed by atoms with Crippen molar-refractivity contribution in [2.75, 3.05) is 33.7 Å². The molecule has 1 heterocycles. The Hall–Kier alpha value is -0.420. The van der Waals surface area contributed by atoms with Crippen LogP contribution >= 0.6 is 11.3 Å². The summed E-state index contributed by atoms with van der Waals surface area (Å²) in [5, 5.41) is 17.6. The summed E-state index contributed by atoms with van der Waals surface area (Å²) < 4.78 is 0. The summed E-state index contributed by atoms with van der Waals surface area (Å²) in [6.45, 7) is 4.10. The number of likely N-dealkylation sites (N-methyl/N-ethyl adjacent to an activating group) is 1. The topological polar surface area (TPSA) is 35.5 Å². The van der Waals surface area contributed by atoms with E-state index in [-0.39, 0.29) is 0 Å². The number of aliphatic hydroxyl groups is 1. The SMILES string of the molecule is CN(C)CC(C)(O)CNCCc1ccsc1. The Bertz CT molecular complexity index is 283. The van der Waals surface area contributed by atoms with Gasteiger partial charge in [-0.15, -0.1) is 0 Å². The second-order valence-corrected chi connectivity index (χ2v) is 5.57. The zero-order valence-electron chi connectivity index (χ0n) is 10.4. The van der Waals surface area contributed by atoms with Gasteiger partial charge in [-0.2, -0.15) is 11.3 Å². The second-order valence-electron chi connectivity index (χ2n) is 4.79. The molecule has 4 heteroatoms. The molecule has 1 unspecified atom stereocenters. The first-order valence-corrected chi connectivity index (χ1v) is 6.53. The van der Waals surface area contributed by atoms with Gasteiger partial charge in [0.05, 0.1) is 5.60 Å². The van der Waals surface area contributed by atoms with Gasteiger partial charge in [0.1, 0.15) is 0 Å². The average molecular weight is 242 g/mol. The zero-order chi connectivity index (χ0) is 12.0. The number of nitrogens with zero attached hydrogens (tertiary/aromatic N) is 1. The van der Waals surface area contributed by atoms with Gasteiger partial charge in [-0.25, -0.2) is 0 Å². The average Bonchev–Trinajstić information content (AvgIpc) is 2.62. The summed E-state index contributed by atoms with van der Waals surface area (Å²) in [5.74, 6) is 0. The van der Waals surface area contributed by atoms with Crippen molar-refractivity contribution < 1.29 is 5.11 Å². The minimum Gasteiger partial charge on any atom is -0.388 e. The molecule has 1 atom stereocenters. The van der Waals surface area contributed by atoms with Gasteiger partial charge in [-0.05, 0) is 56.4 Å². The third-order valence-electron chi connectivity index (χ3n) is 2.33. The summed E-state index contributed by atoms with van der Waals surface area (Å²) >= 11 is 1.73. The van der Waals surface area contributed by atoms with Crippen LogP contribution in [0.1, 0.15) is 12.5 Å². The molecule has 1 rings (SSSR count). The molecule has 16 heavy (non-hydrogen) atoms. The Kier molecular flexibility index (Phi) is 5.41. The van der Waals surface area contributed by atoms with E-state index >= 15 is 0 Å². The van der Waals surface area contributed by atoms with Crippen LogP contribution in [0.4, 0.5) is 0 Å². The summed E-state index contributed by atoms with van der Waals surface area (Å²) in [6.07, 6.45) is 1.03. The van der Waals surface area contributed by atoms with Crippen LogP contribution in [-0.4, -0.2) is 49.3 Å². The molecule has 0 amide bonds. The summed E-state index contributed by atoms with van der Waals surface area (Å²) in [7, 11) is 3.94. The lowest BCUT2D eigenvalue weighted by Crippen LogP contribution is -2.45. The van der Waals surface area contributed by atoms with Crippen LogP contribution in [0.3, 0.4) is 0 Å². The molecule has 0 aliphatic rings. The van der Waals surface area contributed by atoms with Crippen LogP contribution in [0.25, 0.3) is 0 Å². The lowest BCUT2D eigenvalue weighted by Gasteiger charge is -2.27. The highest BCUT2D eigenvalue weighted by atomic mass is 32.1. The predicted octanol–water partition coefficient (Wildman–Crippen LogP) is 1.19. The van der Waals surface area contributed by atoms with E-state index in [1.165, 1.54) is 5.56 Å². The van der Waals surface area contributed by atoms with E-state index in [0.717, 1.165) is 13.0 Å². The standard InChI is InChI=1S/C12H22N2OS/c1-12(15,10-14(2)3)9-13-6-4-11-5-7-16-8-11/h5,7-8,13,15H,4,6,9-10H2,1-3H3. The lowest BCUT2D eigenvalue weighted by molar-refractivity contribution is 0.0341. The lowest BCUT2D eigenvalue weighted by atomic mass is 10.1. The van der Waals surface area contributed by atoms with E-state index in [9.17, 15) is 5.11 Å². The molecule has 0 bridgehead atoms. The monoisotopic (exact) mass is 242 g/mol. The van der Waals surface area contributed by atoms with Crippen molar-refractivity contribution in [1.82, 2.24) is 10.2 Å². The van der Waals surface area contributed by atoms with Crippen molar-refractivity contribution in [3.63, 3.8) is 0 Å². The number of rotatable bonds is 7. The quantitative estimate of drug-likeness (QED) is 0.705. The van der Waals surface area contributed by atoms with Gasteiger partial charge in [0.2, 0.25) is 0 Å². The van der Waals surface area contributed by atoms with Crippen LogP contribution in [0, 0.1) is 0 Å². The molecular formula is C12H22N2OS. The second kappa shape index (κ2) is 6.35. The fourth-order valence-corrected chi connectivity index (χ4v) is 2.47. The highest BCUT2D eigenvalue weighted by Crippen LogP contribution is 2.06. The molecule has 0 saturated heterocycles. The van der Waals surface area contributed by atoms with E-state index in [2.05, 4.69) is 22.1 Å². The Labute approximate surface area is 102 Å². The van der Waals surface area contributed by atoms with E-state index in [1.54, 1.807) is 11.3 Å². The summed E-state index contributed by atoms with van der Waals surface area (Å²) in [6, 6.07) is 2.14. The molecular weight excluding hydrogens is 220 g/mol. The molecule has 0 radical (unpaired) electrons. The Morgan fingerprint density at radius 1 is 1.50 bits per heavy atom. The van der Waals surface area contributed by atoms with Crippen LogP contribution in [-0.2, 0) is 6.42 Å². The third kappa shape index (κ3) is 5.61. The van der Waals surface area contributed by atoms with Gasteiger partial charge in [-0.1, -0.05) is 0 Å². The highest BCUT2D eigenvalue weighted by molar-refractivity contribution is 7.07. The van der Waals surface area contributed by atoms with E-state index < -0.39 is 5.60 Å². The largest absolute Gasteiger partial charge is 0.388 e.